The lowest BCUT2D eigenvalue weighted by Gasteiger charge is -2.36. The summed E-state index contributed by atoms with van der Waals surface area (Å²) < 4.78 is 5.43. The maximum atomic E-state index is 12.9. The van der Waals surface area contributed by atoms with Crippen molar-refractivity contribution in [1.29, 1.82) is 0 Å². The molecule has 0 bridgehead atoms. The number of aromatic nitrogens is 1. The van der Waals surface area contributed by atoms with Gasteiger partial charge in [-0.15, -0.1) is 0 Å². The second-order valence-electron chi connectivity index (χ2n) is 7.44. The number of aromatic amines is 1. The first kappa shape index (κ1) is 17.8. The summed E-state index contributed by atoms with van der Waals surface area (Å²) in [6.07, 6.45) is 4.71. The number of likely N-dealkylation sites (tertiary alicyclic amines) is 1. The molecule has 0 radical (unpaired) electrons. The molecular formula is C20H26ClN3O2. The van der Waals surface area contributed by atoms with E-state index >= 15 is 0 Å². The molecule has 0 aliphatic carbocycles. The van der Waals surface area contributed by atoms with E-state index in [1.165, 1.54) is 6.42 Å². The molecule has 0 spiro atoms. The molecule has 1 aromatic heterocycles. The van der Waals surface area contributed by atoms with E-state index in [9.17, 15) is 4.79 Å². The van der Waals surface area contributed by atoms with Crippen LogP contribution in [0.5, 0.6) is 0 Å². The van der Waals surface area contributed by atoms with Crippen LogP contribution in [0, 0.1) is 5.92 Å². The van der Waals surface area contributed by atoms with E-state index in [0.29, 0.717) is 17.4 Å². The maximum absolute atomic E-state index is 12.9. The summed E-state index contributed by atoms with van der Waals surface area (Å²) in [7, 11) is 0. The number of ether oxygens (including phenoxy) is 1. The molecular weight excluding hydrogens is 350 g/mol. The summed E-state index contributed by atoms with van der Waals surface area (Å²) in [6, 6.07) is 5.78. The number of piperidine rings is 1. The van der Waals surface area contributed by atoms with Gasteiger partial charge in [0.1, 0.15) is 0 Å². The van der Waals surface area contributed by atoms with E-state index in [4.69, 9.17) is 16.3 Å². The minimum atomic E-state index is 0.229. The van der Waals surface area contributed by atoms with E-state index in [0.717, 1.165) is 68.8 Å². The largest absolute Gasteiger partial charge is 0.379 e. The number of carbonyl (C=O) groups is 1. The number of hydrogen-bond acceptors (Lipinski definition) is 3. The van der Waals surface area contributed by atoms with Crippen molar-refractivity contribution < 1.29 is 9.53 Å². The average molecular weight is 376 g/mol. The number of nitrogens with zero attached hydrogens (tertiary/aromatic N) is 2. The third-order valence-electron chi connectivity index (χ3n) is 5.56. The number of H-pyrrole nitrogens is 1. The van der Waals surface area contributed by atoms with Gasteiger partial charge < -0.3 is 14.6 Å². The number of rotatable bonds is 4. The molecule has 2 saturated heterocycles. The van der Waals surface area contributed by atoms with Gasteiger partial charge in [-0.1, -0.05) is 17.7 Å². The second-order valence-corrected chi connectivity index (χ2v) is 7.88. The highest BCUT2D eigenvalue weighted by molar-refractivity contribution is 6.31. The lowest BCUT2D eigenvalue weighted by atomic mass is 9.96. The average Bonchev–Trinajstić information content (AvgIpc) is 3.04. The Kier molecular flexibility index (Phi) is 5.48. The number of fused-ring (bicyclic) bond motifs is 1. The zero-order chi connectivity index (χ0) is 17.9. The molecule has 6 heteroatoms. The van der Waals surface area contributed by atoms with Crippen LogP contribution in [-0.2, 0) is 16.0 Å². The molecule has 2 fully saturated rings. The van der Waals surface area contributed by atoms with Crippen molar-refractivity contribution in [2.24, 2.45) is 5.92 Å². The molecule has 3 heterocycles. The van der Waals surface area contributed by atoms with Crippen LogP contribution in [0.15, 0.2) is 24.4 Å². The number of hydrogen-bond donors (Lipinski definition) is 1. The fourth-order valence-electron chi connectivity index (χ4n) is 4.17. The number of halogens is 1. The highest BCUT2D eigenvalue weighted by Gasteiger charge is 2.26. The van der Waals surface area contributed by atoms with E-state index in [2.05, 4.69) is 14.8 Å². The molecule has 1 atom stereocenters. The normalized spacial score (nSPS) is 22.0. The fourth-order valence-corrected chi connectivity index (χ4v) is 4.34. The number of amides is 1. The van der Waals surface area contributed by atoms with Gasteiger partial charge in [-0.05, 0) is 36.5 Å². The predicted octanol–water partition coefficient (Wildman–Crippen LogP) is 2.93. The maximum Gasteiger partial charge on any atom is 0.227 e. The van der Waals surface area contributed by atoms with Gasteiger partial charge in [0, 0.05) is 54.8 Å². The zero-order valence-electron chi connectivity index (χ0n) is 15.0. The Morgan fingerprint density at radius 3 is 2.96 bits per heavy atom. The van der Waals surface area contributed by atoms with Crippen LogP contribution in [0.25, 0.3) is 10.9 Å². The lowest BCUT2D eigenvalue weighted by Crippen LogP contribution is -2.46. The molecule has 5 nitrogen and oxygen atoms in total. The van der Waals surface area contributed by atoms with Gasteiger partial charge in [0.05, 0.1) is 19.6 Å². The van der Waals surface area contributed by atoms with Gasteiger partial charge in [0.25, 0.3) is 0 Å². The Balaban J connectivity index is 1.37. The summed E-state index contributed by atoms with van der Waals surface area (Å²) >= 11 is 6.04. The molecule has 4 rings (SSSR count). The van der Waals surface area contributed by atoms with E-state index in [-0.39, 0.29) is 5.91 Å². The van der Waals surface area contributed by atoms with E-state index in [1.807, 2.05) is 24.4 Å². The van der Waals surface area contributed by atoms with Gasteiger partial charge in [-0.2, -0.15) is 0 Å². The molecule has 26 heavy (non-hydrogen) atoms. The second kappa shape index (κ2) is 7.99. The first-order valence-electron chi connectivity index (χ1n) is 9.52. The molecule has 1 amide bonds. The highest BCUT2D eigenvalue weighted by atomic mass is 35.5. The van der Waals surface area contributed by atoms with Crippen molar-refractivity contribution in [3.8, 4) is 0 Å². The summed E-state index contributed by atoms with van der Waals surface area (Å²) in [5.41, 5.74) is 2.04. The van der Waals surface area contributed by atoms with Gasteiger partial charge in [-0.25, -0.2) is 0 Å². The van der Waals surface area contributed by atoms with Gasteiger partial charge in [0.15, 0.2) is 0 Å². The lowest BCUT2D eigenvalue weighted by molar-refractivity contribution is -0.132. The third-order valence-corrected chi connectivity index (χ3v) is 5.80. The number of carbonyl (C=O) groups excluding carboxylic acids is 1. The SMILES string of the molecule is O=C(Cc1c[nH]c2cc(Cl)ccc12)N1CCCC(CN2CCOCC2)C1. The Morgan fingerprint density at radius 2 is 2.12 bits per heavy atom. The Bertz CT molecular complexity index is 770. The smallest absolute Gasteiger partial charge is 0.227 e. The molecule has 140 valence electrons. The minimum Gasteiger partial charge on any atom is -0.379 e. The minimum absolute atomic E-state index is 0.229. The van der Waals surface area contributed by atoms with Crippen LogP contribution in [0.3, 0.4) is 0 Å². The highest BCUT2D eigenvalue weighted by Crippen LogP contribution is 2.24. The van der Waals surface area contributed by atoms with Crippen LogP contribution < -0.4 is 0 Å². The van der Waals surface area contributed by atoms with Crippen LogP contribution in [0.4, 0.5) is 0 Å². The standard InChI is InChI=1S/C20H26ClN3O2/c21-17-3-4-18-16(12-22-19(18)11-17)10-20(25)24-5-1-2-15(14-24)13-23-6-8-26-9-7-23/h3-4,11-12,15,22H,1-2,5-10,13-14H2. The Labute approximate surface area is 159 Å². The molecule has 1 aromatic carbocycles. The van der Waals surface area contributed by atoms with Crippen molar-refractivity contribution in [3.05, 3.63) is 35.0 Å². The predicted molar refractivity (Wildman–Crippen MR) is 104 cm³/mol. The molecule has 1 unspecified atom stereocenters. The Morgan fingerprint density at radius 1 is 1.27 bits per heavy atom. The molecule has 1 N–H and O–H groups in total. The monoisotopic (exact) mass is 375 g/mol. The summed E-state index contributed by atoms with van der Waals surface area (Å²) in [5.74, 6) is 0.806. The van der Waals surface area contributed by atoms with E-state index < -0.39 is 0 Å². The van der Waals surface area contributed by atoms with Crippen LogP contribution in [-0.4, -0.2) is 66.6 Å². The number of nitrogens with one attached hydrogen (secondary N) is 1. The van der Waals surface area contributed by atoms with Gasteiger partial charge in [0.2, 0.25) is 5.91 Å². The molecule has 2 aromatic rings. The summed E-state index contributed by atoms with van der Waals surface area (Å²) in [5, 5.41) is 1.80. The number of morpholine rings is 1. The third kappa shape index (κ3) is 4.05. The number of benzene rings is 1. The first-order chi connectivity index (χ1) is 12.7. The molecule has 2 aliphatic heterocycles. The molecule has 2 aliphatic rings. The van der Waals surface area contributed by atoms with Gasteiger partial charge in [-0.3, -0.25) is 9.69 Å². The van der Waals surface area contributed by atoms with Crippen molar-refractivity contribution in [1.82, 2.24) is 14.8 Å². The fraction of sp³-hybridized carbons (Fsp3) is 0.550. The van der Waals surface area contributed by atoms with Crippen molar-refractivity contribution in [2.75, 3.05) is 45.9 Å². The van der Waals surface area contributed by atoms with Gasteiger partial charge >= 0.3 is 0 Å². The summed E-state index contributed by atoms with van der Waals surface area (Å²) in [4.78, 5) is 20.6. The Hall–Kier alpha value is -1.56. The van der Waals surface area contributed by atoms with Crippen molar-refractivity contribution >= 4 is 28.4 Å². The van der Waals surface area contributed by atoms with Crippen LogP contribution in [0.1, 0.15) is 18.4 Å². The van der Waals surface area contributed by atoms with Crippen molar-refractivity contribution in [2.45, 2.75) is 19.3 Å². The quantitative estimate of drug-likeness (QED) is 0.893. The topological polar surface area (TPSA) is 48.6 Å². The van der Waals surface area contributed by atoms with Crippen LogP contribution in [0.2, 0.25) is 5.02 Å². The van der Waals surface area contributed by atoms with E-state index in [1.54, 1.807) is 0 Å². The first-order valence-corrected chi connectivity index (χ1v) is 9.90. The summed E-state index contributed by atoms with van der Waals surface area (Å²) in [6.45, 7) is 6.54. The zero-order valence-corrected chi connectivity index (χ0v) is 15.8. The molecule has 0 saturated carbocycles. The van der Waals surface area contributed by atoms with Crippen LogP contribution >= 0.6 is 11.6 Å². The van der Waals surface area contributed by atoms with Crippen molar-refractivity contribution in [3.63, 3.8) is 0 Å².